The van der Waals surface area contributed by atoms with Crippen LogP contribution < -0.4 is 5.73 Å². The number of alkyl halides is 1. The Morgan fingerprint density at radius 1 is 1.52 bits per heavy atom. The van der Waals surface area contributed by atoms with Crippen molar-refractivity contribution in [2.24, 2.45) is 0 Å². The van der Waals surface area contributed by atoms with E-state index in [1.165, 1.54) is 22.7 Å². The Kier molecular flexibility index (Phi) is 3.69. The number of aromatic nitrogens is 4. The van der Waals surface area contributed by atoms with E-state index < -0.39 is 31.2 Å². The van der Waals surface area contributed by atoms with Crippen molar-refractivity contribution < 1.29 is 19.3 Å². The molecule has 10 heteroatoms. The Labute approximate surface area is 123 Å². The molecule has 2 aromatic heterocycles. The Bertz CT molecular complexity index is 669. The van der Waals surface area contributed by atoms with Gasteiger partial charge in [-0.25, -0.2) is 14.4 Å². The average Bonchev–Trinajstić information content (AvgIpc) is 3.01. The number of nitrogens with two attached hydrogens (primary N) is 1. The largest absolute Gasteiger partial charge is 0.394 e. The van der Waals surface area contributed by atoms with Crippen LogP contribution in [0.5, 0.6) is 0 Å². The molecule has 8 nitrogen and oxygen atoms in total. The zero-order chi connectivity index (χ0) is 15.1. The number of rotatable bonds is 3. The molecule has 4 N–H and O–H groups in total. The molecule has 1 fully saturated rings. The first-order valence-electron chi connectivity index (χ1n) is 6.19. The normalized spacial score (nSPS) is 29.3. The summed E-state index contributed by atoms with van der Waals surface area (Å²) < 4.78 is 20.9. The monoisotopic (exact) mass is 315 g/mol. The first kappa shape index (κ1) is 14.4. The molecule has 114 valence electrons. The summed E-state index contributed by atoms with van der Waals surface area (Å²) in [5.41, 5.74) is 6.45. The van der Waals surface area contributed by atoms with E-state index in [9.17, 15) is 9.50 Å². The number of ether oxygens (including phenoxy) is 1. The van der Waals surface area contributed by atoms with Gasteiger partial charge in [0, 0.05) is 0 Å². The number of halogens is 1. The van der Waals surface area contributed by atoms with Gasteiger partial charge in [0.2, 0.25) is 5.95 Å². The van der Waals surface area contributed by atoms with Crippen molar-refractivity contribution in [2.75, 3.05) is 18.6 Å². The molecule has 4 atom stereocenters. The minimum absolute atomic E-state index is 0.0428. The SMILES string of the molecule is CSc1nc(N)nc2c1ncn2C1OC(CO)C(O)C1F. The zero-order valence-electron chi connectivity index (χ0n) is 11.0. The summed E-state index contributed by atoms with van der Waals surface area (Å²) in [5, 5.41) is 19.4. The maximum Gasteiger partial charge on any atom is 0.223 e. The highest BCUT2D eigenvalue weighted by atomic mass is 32.2. The van der Waals surface area contributed by atoms with Gasteiger partial charge in [-0.1, -0.05) is 0 Å². The molecule has 0 spiro atoms. The number of anilines is 1. The van der Waals surface area contributed by atoms with Gasteiger partial charge in [-0.2, -0.15) is 4.98 Å². The van der Waals surface area contributed by atoms with Gasteiger partial charge in [-0.15, -0.1) is 11.8 Å². The summed E-state index contributed by atoms with van der Waals surface area (Å²) in [6, 6.07) is 0. The van der Waals surface area contributed by atoms with E-state index in [2.05, 4.69) is 15.0 Å². The first-order chi connectivity index (χ1) is 10.1. The van der Waals surface area contributed by atoms with Crippen LogP contribution in [-0.2, 0) is 4.74 Å². The molecule has 3 heterocycles. The lowest BCUT2D eigenvalue weighted by Gasteiger charge is -2.15. The molecule has 0 bridgehead atoms. The van der Waals surface area contributed by atoms with Crippen LogP contribution in [0.15, 0.2) is 11.4 Å². The summed E-state index contributed by atoms with van der Waals surface area (Å²) in [7, 11) is 0. The molecule has 3 rings (SSSR count). The lowest BCUT2D eigenvalue weighted by molar-refractivity contribution is -0.0459. The fourth-order valence-corrected chi connectivity index (χ4v) is 2.84. The second-order valence-corrected chi connectivity index (χ2v) is 5.39. The van der Waals surface area contributed by atoms with Crippen molar-refractivity contribution in [3.05, 3.63) is 6.33 Å². The molecule has 1 aliphatic heterocycles. The van der Waals surface area contributed by atoms with Crippen molar-refractivity contribution in [3.63, 3.8) is 0 Å². The van der Waals surface area contributed by atoms with Crippen LogP contribution in [0.25, 0.3) is 11.2 Å². The second kappa shape index (κ2) is 5.37. The van der Waals surface area contributed by atoms with Gasteiger partial charge in [0.05, 0.1) is 12.9 Å². The zero-order valence-corrected chi connectivity index (χ0v) is 11.9. The van der Waals surface area contributed by atoms with Crippen LogP contribution >= 0.6 is 11.8 Å². The van der Waals surface area contributed by atoms with E-state index in [1.54, 1.807) is 0 Å². The molecular formula is C11H14FN5O3S. The topological polar surface area (TPSA) is 119 Å². The van der Waals surface area contributed by atoms with E-state index in [0.29, 0.717) is 16.2 Å². The number of thioether (sulfide) groups is 1. The van der Waals surface area contributed by atoms with Crippen LogP contribution in [0.4, 0.5) is 10.3 Å². The average molecular weight is 315 g/mol. The van der Waals surface area contributed by atoms with Crippen molar-refractivity contribution >= 4 is 28.9 Å². The van der Waals surface area contributed by atoms with Crippen LogP contribution in [0.2, 0.25) is 0 Å². The summed E-state index contributed by atoms with van der Waals surface area (Å²) in [4.78, 5) is 12.3. The number of aliphatic hydroxyl groups excluding tert-OH is 2. The highest BCUT2D eigenvalue weighted by Crippen LogP contribution is 2.34. The second-order valence-electron chi connectivity index (χ2n) is 4.60. The van der Waals surface area contributed by atoms with E-state index in [1.807, 2.05) is 6.26 Å². The Balaban J connectivity index is 2.07. The molecular weight excluding hydrogens is 301 g/mol. The Morgan fingerprint density at radius 2 is 2.29 bits per heavy atom. The third-order valence-electron chi connectivity index (χ3n) is 3.35. The van der Waals surface area contributed by atoms with Crippen molar-refractivity contribution in [1.29, 1.82) is 0 Å². The van der Waals surface area contributed by atoms with Crippen molar-refractivity contribution in [3.8, 4) is 0 Å². The van der Waals surface area contributed by atoms with Gasteiger partial charge in [-0.05, 0) is 6.26 Å². The maximum absolute atomic E-state index is 14.2. The molecule has 1 aliphatic rings. The van der Waals surface area contributed by atoms with Gasteiger partial charge in [0.1, 0.15) is 22.8 Å². The molecule has 0 radical (unpaired) electrons. The molecule has 0 aromatic carbocycles. The third-order valence-corrected chi connectivity index (χ3v) is 4.02. The molecule has 0 aliphatic carbocycles. The van der Waals surface area contributed by atoms with Crippen molar-refractivity contribution in [2.45, 2.75) is 29.6 Å². The fraction of sp³-hybridized carbons (Fsp3) is 0.545. The number of fused-ring (bicyclic) bond motifs is 1. The number of aliphatic hydroxyl groups is 2. The van der Waals surface area contributed by atoms with Crippen LogP contribution in [0.1, 0.15) is 6.23 Å². The predicted molar refractivity (Wildman–Crippen MR) is 73.4 cm³/mol. The highest BCUT2D eigenvalue weighted by molar-refractivity contribution is 7.98. The molecule has 21 heavy (non-hydrogen) atoms. The maximum atomic E-state index is 14.2. The smallest absolute Gasteiger partial charge is 0.223 e. The van der Waals surface area contributed by atoms with E-state index in [-0.39, 0.29) is 5.95 Å². The van der Waals surface area contributed by atoms with Crippen LogP contribution in [0, 0.1) is 0 Å². The number of nitrogens with zero attached hydrogens (tertiary/aromatic N) is 4. The number of nitrogen functional groups attached to an aromatic ring is 1. The first-order valence-corrected chi connectivity index (χ1v) is 7.41. The van der Waals surface area contributed by atoms with Crippen LogP contribution in [0.3, 0.4) is 0 Å². The predicted octanol–water partition coefficient (Wildman–Crippen LogP) is -0.281. The fourth-order valence-electron chi connectivity index (χ4n) is 2.31. The molecule has 2 aromatic rings. The lowest BCUT2D eigenvalue weighted by atomic mass is 10.1. The van der Waals surface area contributed by atoms with Gasteiger partial charge in [-0.3, -0.25) is 4.57 Å². The third kappa shape index (κ3) is 2.24. The van der Waals surface area contributed by atoms with E-state index in [4.69, 9.17) is 15.6 Å². The number of hydrogen-bond donors (Lipinski definition) is 3. The Morgan fingerprint density at radius 3 is 2.90 bits per heavy atom. The quantitative estimate of drug-likeness (QED) is 0.522. The van der Waals surface area contributed by atoms with E-state index in [0.717, 1.165) is 0 Å². The molecule has 0 amide bonds. The summed E-state index contributed by atoms with van der Waals surface area (Å²) >= 11 is 1.34. The molecule has 0 saturated carbocycles. The van der Waals surface area contributed by atoms with Gasteiger partial charge >= 0.3 is 0 Å². The molecule has 4 unspecified atom stereocenters. The minimum atomic E-state index is -1.70. The van der Waals surface area contributed by atoms with Gasteiger partial charge in [0.25, 0.3) is 0 Å². The summed E-state index contributed by atoms with van der Waals surface area (Å²) in [6.45, 7) is -0.474. The highest BCUT2D eigenvalue weighted by Gasteiger charge is 2.45. The number of imidazole rings is 1. The lowest BCUT2D eigenvalue weighted by Crippen LogP contribution is -2.30. The van der Waals surface area contributed by atoms with Crippen LogP contribution in [-0.4, -0.2) is 61.0 Å². The van der Waals surface area contributed by atoms with Gasteiger partial charge in [0.15, 0.2) is 18.0 Å². The minimum Gasteiger partial charge on any atom is -0.394 e. The number of hydrogen-bond acceptors (Lipinski definition) is 8. The standard InChI is InChI=1S/C11H14FN5O3S/c1-21-9-6-8(15-11(13)16-9)17(3-14-6)10-5(12)7(19)4(2-18)20-10/h3-5,7,10,18-19H,2H2,1H3,(H2,13,15,16). The Hall–Kier alpha value is -1.49. The summed E-state index contributed by atoms with van der Waals surface area (Å²) in [6.07, 6.45) is -2.03. The van der Waals surface area contributed by atoms with Gasteiger partial charge < -0.3 is 20.7 Å². The van der Waals surface area contributed by atoms with Crippen molar-refractivity contribution in [1.82, 2.24) is 19.5 Å². The van der Waals surface area contributed by atoms with E-state index >= 15 is 0 Å². The summed E-state index contributed by atoms with van der Waals surface area (Å²) in [5.74, 6) is 0.0428. The molecule has 1 saturated heterocycles.